The van der Waals surface area contributed by atoms with Crippen LogP contribution < -0.4 is 10.6 Å². The lowest BCUT2D eigenvalue weighted by molar-refractivity contribution is -0.127. The van der Waals surface area contributed by atoms with E-state index in [2.05, 4.69) is 26.6 Å². The van der Waals surface area contributed by atoms with Crippen molar-refractivity contribution in [1.82, 2.24) is 10.6 Å². The highest BCUT2D eigenvalue weighted by Gasteiger charge is 2.23. The average Bonchev–Trinajstić information content (AvgIpc) is 2.35. The zero-order chi connectivity index (χ0) is 17.8. The van der Waals surface area contributed by atoms with E-state index in [0.717, 1.165) is 12.1 Å². The first-order valence-corrected chi connectivity index (χ1v) is 7.58. The summed E-state index contributed by atoms with van der Waals surface area (Å²) >= 11 is 3.04. The number of halogens is 2. The number of rotatable bonds is 3. The SMILES string of the molecule is C[C@H](OC(=O)c1ccc(F)cc1Br)C(=O)NC(=O)NC(C)(C)C. The molecule has 0 aliphatic rings. The Balaban J connectivity index is 2.64. The van der Waals surface area contributed by atoms with E-state index in [1.54, 1.807) is 20.8 Å². The molecule has 126 valence electrons. The number of hydrogen-bond acceptors (Lipinski definition) is 4. The molecule has 1 rings (SSSR count). The van der Waals surface area contributed by atoms with E-state index in [4.69, 9.17) is 4.74 Å². The number of carbonyl (C=O) groups excluding carboxylic acids is 3. The van der Waals surface area contributed by atoms with Crippen molar-refractivity contribution in [3.05, 3.63) is 34.1 Å². The predicted molar refractivity (Wildman–Crippen MR) is 85.4 cm³/mol. The fraction of sp³-hybridized carbons (Fsp3) is 0.400. The number of benzene rings is 1. The summed E-state index contributed by atoms with van der Waals surface area (Å²) in [6.45, 7) is 6.60. The van der Waals surface area contributed by atoms with Gasteiger partial charge in [0.15, 0.2) is 6.10 Å². The number of urea groups is 1. The van der Waals surface area contributed by atoms with E-state index in [1.165, 1.54) is 13.0 Å². The maximum absolute atomic E-state index is 13.0. The molecule has 0 saturated heterocycles. The number of imide groups is 1. The van der Waals surface area contributed by atoms with Gasteiger partial charge in [-0.05, 0) is 61.8 Å². The first kappa shape index (κ1) is 19.1. The number of esters is 1. The molecule has 0 aliphatic heterocycles. The Bertz CT molecular complexity index is 628. The van der Waals surface area contributed by atoms with Crippen LogP contribution in [0, 0.1) is 5.82 Å². The number of ether oxygens (including phenoxy) is 1. The molecule has 1 aromatic rings. The first-order chi connectivity index (χ1) is 10.5. The third kappa shape index (κ3) is 6.35. The van der Waals surface area contributed by atoms with Crippen molar-refractivity contribution in [3.8, 4) is 0 Å². The third-order valence-electron chi connectivity index (χ3n) is 2.53. The highest BCUT2D eigenvalue weighted by atomic mass is 79.9. The van der Waals surface area contributed by atoms with Crippen LogP contribution in [-0.4, -0.2) is 29.6 Å². The highest BCUT2D eigenvalue weighted by Crippen LogP contribution is 2.19. The van der Waals surface area contributed by atoms with Crippen LogP contribution in [0.25, 0.3) is 0 Å². The Morgan fingerprint density at radius 2 is 1.87 bits per heavy atom. The van der Waals surface area contributed by atoms with E-state index >= 15 is 0 Å². The molecule has 0 spiro atoms. The van der Waals surface area contributed by atoms with Gasteiger partial charge in [-0.2, -0.15) is 0 Å². The number of amides is 3. The van der Waals surface area contributed by atoms with Crippen molar-refractivity contribution in [2.45, 2.75) is 39.3 Å². The topological polar surface area (TPSA) is 84.5 Å². The summed E-state index contributed by atoms with van der Waals surface area (Å²) in [7, 11) is 0. The van der Waals surface area contributed by atoms with Crippen LogP contribution in [0.5, 0.6) is 0 Å². The lowest BCUT2D eigenvalue weighted by Gasteiger charge is -2.21. The van der Waals surface area contributed by atoms with Crippen LogP contribution in [0.3, 0.4) is 0 Å². The normalized spacial score (nSPS) is 12.3. The van der Waals surface area contributed by atoms with Gasteiger partial charge in [-0.15, -0.1) is 0 Å². The minimum atomic E-state index is -1.19. The van der Waals surface area contributed by atoms with E-state index in [-0.39, 0.29) is 10.0 Å². The second kappa shape index (κ2) is 7.54. The summed E-state index contributed by atoms with van der Waals surface area (Å²) in [5, 5.41) is 4.62. The number of hydrogen-bond donors (Lipinski definition) is 2. The molecule has 2 N–H and O–H groups in total. The molecule has 6 nitrogen and oxygen atoms in total. The van der Waals surface area contributed by atoms with Gasteiger partial charge in [-0.3, -0.25) is 10.1 Å². The van der Waals surface area contributed by atoms with E-state index in [9.17, 15) is 18.8 Å². The number of carbonyl (C=O) groups is 3. The Morgan fingerprint density at radius 1 is 1.26 bits per heavy atom. The van der Waals surface area contributed by atoms with Gasteiger partial charge < -0.3 is 10.1 Å². The summed E-state index contributed by atoms with van der Waals surface area (Å²) in [5.74, 6) is -2.09. The van der Waals surface area contributed by atoms with Crippen LogP contribution >= 0.6 is 15.9 Å². The smallest absolute Gasteiger partial charge is 0.340 e. The Kier molecular flexibility index (Phi) is 6.26. The van der Waals surface area contributed by atoms with Gasteiger partial charge in [0.2, 0.25) is 0 Å². The standard InChI is InChI=1S/C15H18BrFN2O4/c1-8(12(20)18-14(22)19-15(2,3)4)23-13(21)10-6-5-9(17)7-11(10)16/h5-8H,1-4H3,(H2,18,19,20,22)/t8-/m0/s1. The van der Waals surface area contributed by atoms with Crippen LogP contribution in [-0.2, 0) is 9.53 Å². The average molecular weight is 389 g/mol. The summed E-state index contributed by atoms with van der Waals surface area (Å²) in [5.41, 5.74) is -0.436. The quantitative estimate of drug-likeness (QED) is 0.779. The summed E-state index contributed by atoms with van der Waals surface area (Å²) < 4.78 is 18.2. The molecule has 8 heteroatoms. The summed E-state index contributed by atoms with van der Waals surface area (Å²) in [6, 6.07) is 2.76. The highest BCUT2D eigenvalue weighted by molar-refractivity contribution is 9.10. The van der Waals surface area contributed by atoms with Crippen LogP contribution in [0.15, 0.2) is 22.7 Å². The Morgan fingerprint density at radius 3 is 2.39 bits per heavy atom. The maximum atomic E-state index is 13.0. The van der Waals surface area contributed by atoms with Crippen LogP contribution in [0.4, 0.5) is 9.18 Å². The summed E-state index contributed by atoms with van der Waals surface area (Å²) in [4.78, 5) is 35.4. The van der Waals surface area contributed by atoms with Crippen LogP contribution in [0.2, 0.25) is 0 Å². The largest absolute Gasteiger partial charge is 0.449 e. The second-order valence-corrected chi connectivity index (χ2v) is 6.72. The molecule has 0 fully saturated rings. The first-order valence-electron chi connectivity index (χ1n) is 6.78. The predicted octanol–water partition coefficient (Wildman–Crippen LogP) is 2.76. The molecule has 0 radical (unpaired) electrons. The van der Waals surface area contributed by atoms with Gasteiger partial charge in [0.05, 0.1) is 5.56 Å². The fourth-order valence-electron chi connectivity index (χ4n) is 1.52. The number of nitrogens with one attached hydrogen (secondary N) is 2. The minimum absolute atomic E-state index is 0.0743. The van der Waals surface area contributed by atoms with Gasteiger partial charge in [-0.25, -0.2) is 14.0 Å². The fourth-order valence-corrected chi connectivity index (χ4v) is 2.03. The molecule has 0 aromatic heterocycles. The van der Waals surface area contributed by atoms with Gasteiger partial charge in [0, 0.05) is 10.0 Å². The van der Waals surface area contributed by atoms with Crippen molar-refractivity contribution in [2.24, 2.45) is 0 Å². The van der Waals surface area contributed by atoms with Crippen molar-refractivity contribution < 1.29 is 23.5 Å². The Labute approximate surface area is 141 Å². The Hall–Kier alpha value is -1.96. The molecule has 1 atom stereocenters. The maximum Gasteiger partial charge on any atom is 0.340 e. The van der Waals surface area contributed by atoms with Crippen molar-refractivity contribution in [1.29, 1.82) is 0 Å². The van der Waals surface area contributed by atoms with Crippen molar-refractivity contribution >= 4 is 33.8 Å². The van der Waals surface area contributed by atoms with Gasteiger partial charge >= 0.3 is 12.0 Å². The van der Waals surface area contributed by atoms with Gasteiger partial charge in [0.1, 0.15) is 5.82 Å². The zero-order valence-corrected chi connectivity index (χ0v) is 14.8. The molecule has 23 heavy (non-hydrogen) atoms. The molecule has 1 aromatic carbocycles. The molecule has 0 bridgehead atoms. The molecule has 0 unspecified atom stereocenters. The lowest BCUT2D eigenvalue weighted by Crippen LogP contribution is -2.50. The van der Waals surface area contributed by atoms with Crippen LogP contribution in [0.1, 0.15) is 38.1 Å². The molecule has 3 amide bonds. The molecular formula is C15H18BrFN2O4. The second-order valence-electron chi connectivity index (χ2n) is 5.87. The minimum Gasteiger partial charge on any atom is -0.449 e. The van der Waals surface area contributed by atoms with Gasteiger partial charge in [0.25, 0.3) is 5.91 Å². The van der Waals surface area contributed by atoms with Gasteiger partial charge in [-0.1, -0.05) is 0 Å². The van der Waals surface area contributed by atoms with Crippen molar-refractivity contribution in [3.63, 3.8) is 0 Å². The van der Waals surface area contributed by atoms with E-state index in [1.807, 2.05) is 0 Å². The molecule has 0 saturated carbocycles. The zero-order valence-electron chi connectivity index (χ0n) is 13.2. The molecule has 0 heterocycles. The monoisotopic (exact) mass is 388 g/mol. The molecule has 0 aliphatic carbocycles. The lowest BCUT2D eigenvalue weighted by atomic mass is 10.1. The summed E-state index contributed by atoms with van der Waals surface area (Å²) in [6.07, 6.45) is -1.19. The van der Waals surface area contributed by atoms with E-state index in [0.29, 0.717) is 0 Å². The van der Waals surface area contributed by atoms with E-state index < -0.39 is 35.4 Å². The van der Waals surface area contributed by atoms with Crippen molar-refractivity contribution in [2.75, 3.05) is 0 Å². The molecular weight excluding hydrogens is 371 g/mol. The third-order valence-corrected chi connectivity index (χ3v) is 3.19.